The van der Waals surface area contributed by atoms with Gasteiger partial charge in [-0.3, -0.25) is 9.59 Å². The molecule has 5 atom stereocenters. The second-order valence-corrected chi connectivity index (χ2v) is 10.3. The molecule has 11 heteroatoms. The molecule has 0 bridgehead atoms. The quantitative estimate of drug-likeness (QED) is 0.511. The third kappa shape index (κ3) is 7.67. The van der Waals surface area contributed by atoms with Gasteiger partial charge in [0, 0.05) is 32.2 Å². The smallest absolute Gasteiger partial charge is 0.248 e. The summed E-state index contributed by atoms with van der Waals surface area (Å²) in [6.07, 6.45) is 4.94. The van der Waals surface area contributed by atoms with Crippen LogP contribution in [0.15, 0.2) is 6.20 Å². The van der Waals surface area contributed by atoms with E-state index in [0.29, 0.717) is 5.92 Å². The Labute approximate surface area is 213 Å². The van der Waals surface area contributed by atoms with Crippen LogP contribution < -0.4 is 5.32 Å². The van der Waals surface area contributed by atoms with E-state index < -0.39 is 23.6 Å². The van der Waals surface area contributed by atoms with Crippen molar-refractivity contribution in [1.82, 2.24) is 25.2 Å². The Hall–Kier alpha value is -2.66. The molecule has 36 heavy (non-hydrogen) atoms. The van der Waals surface area contributed by atoms with Crippen LogP contribution >= 0.6 is 0 Å². The number of carbonyl (C=O) groups excluding carboxylic acids is 4. The first-order chi connectivity index (χ1) is 17.1. The summed E-state index contributed by atoms with van der Waals surface area (Å²) in [6, 6.07) is -1.49. The molecular weight excluding hydrogens is 466 g/mol. The van der Waals surface area contributed by atoms with Gasteiger partial charge < -0.3 is 29.6 Å². The summed E-state index contributed by atoms with van der Waals surface area (Å²) in [4.78, 5) is 44.5. The lowest BCUT2D eigenvalue weighted by atomic mass is 9.85. The highest BCUT2D eigenvalue weighted by molar-refractivity contribution is 5.90. The molecule has 1 saturated heterocycles. The van der Waals surface area contributed by atoms with Crippen LogP contribution in [0.4, 0.5) is 0 Å². The Morgan fingerprint density at radius 2 is 1.81 bits per heavy atom. The van der Waals surface area contributed by atoms with Crippen molar-refractivity contribution in [2.24, 2.45) is 5.41 Å². The average Bonchev–Trinajstić information content (AvgIpc) is 3.47. The predicted molar refractivity (Wildman–Crippen MR) is 134 cm³/mol. The van der Waals surface area contributed by atoms with Crippen LogP contribution in [0.1, 0.15) is 84.4 Å². The van der Waals surface area contributed by atoms with Gasteiger partial charge in [0.1, 0.15) is 25.7 Å². The molecule has 1 aliphatic carbocycles. The first kappa shape index (κ1) is 31.4. The van der Waals surface area contributed by atoms with Crippen LogP contribution in [0.2, 0.25) is 0 Å². The molecule has 0 radical (unpaired) electrons. The molecule has 11 nitrogen and oxygen atoms in total. The number of carbonyl (C=O) groups is 4. The van der Waals surface area contributed by atoms with Crippen LogP contribution in [-0.2, 0) is 23.9 Å². The van der Waals surface area contributed by atoms with Gasteiger partial charge in [-0.2, -0.15) is 0 Å². The molecule has 3 rings (SSSR count). The molecule has 1 aromatic heterocycles. The number of amides is 2. The lowest BCUT2D eigenvalue weighted by molar-refractivity contribution is -0.144. The Kier molecular flexibility index (Phi) is 12.4. The summed E-state index contributed by atoms with van der Waals surface area (Å²) < 4.78 is 7.16. The fourth-order valence-corrected chi connectivity index (χ4v) is 4.68. The van der Waals surface area contributed by atoms with Crippen molar-refractivity contribution in [2.75, 3.05) is 13.7 Å². The zero-order chi connectivity index (χ0) is 27.6. The van der Waals surface area contributed by atoms with Gasteiger partial charge in [0.2, 0.25) is 11.8 Å². The van der Waals surface area contributed by atoms with E-state index in [0.717, 1.165) is 31.4 Å². The number of nitrogens with one attached hydrogen (secondary N) is 1. The summed E-state index contributed by atoms with van der Waals surface area (Å²) >= 11 is 0. The number of ether oxygens (including phenoxy) is 1. The standard InChI is InChI=1S/C23H39N5O4.2CH2O/c1-7-16(19(8-2)32-6)24-21(30)18-11-15(29)12-27(18)22(31)20(23(3,4)5)28-13-17(25-26-28)14-9-10-14;2*1-2/h13-16,18-20,29H,7-12H2,1-6H3,(H,24,30);2*1H2. The van der Waals surface area contributed by atoms with Gasteiger partial charge in [-0.15, -0.1) is 5.10 Å². The van der Waals surface area contributed by atoms with E-state index in [1.165, 1.54) is 4.90 Å². The van der Waals surface area contributed by atoms with Crippen molar-refractivity contribution >= 4 is 25.4 Å². The lowest BCUT2D eigenvalue weighted by Crippen LogP contribution is -2.53. The number of rotatable bonds is 9. The van der Waals surface area contributed by atoms with Gasteiger partial charge in [0.15, 0.2) is 0 Å². The summed E-state index contributed by atoms with van der Waals surface area (Å²) in [7, 11) is 1.64. The third-order valence-corrected chi connectivity index (χ3v) is 6.63. The van der Waals surface area contributed by atoms with Crippen molar-refractivity contribution in [3.63, 3.8) is 0 Å². The highest BCUT2D eigenvalue weighted by Gasteiger charge is 2.46. The Morgan fingerprint density at radius 1 is 1.19 bits per heavy atom. The van der Waals surface area contributed by atoms with E-state index in [4.69, 9.17) is 14.3 Å². The minimum absolute atomic E-state index is 0.0993. The Morgan fingerprint density at radius 3 is 2.28 bits per heavy atom. The van der Waals surface area contributed by atoms with Crippen LogP contribution in [0.5, 0.6) is 0 Å². The Bertz CT molecular complexity index is 831. The maximum atomic E-state index is 13.8. The maximum absolute atomic E-state index is 13.8. The molecular formula is C25H43N5O6. The summed E-state index contributed by atoms with van der Waals surface area (Å²) in [5.41, 5.74) is 0.467. The van der Waals surface area contributed by atoms with Crippen molar-refractivity contribution in [2.45, 2.75) is 103 Å². The lowest BCUT2D eigenvalue weighted by Gasteiger charge is -2.35. The van der Waals surface area contributed by atoms with E-state index in [1.807, 2.05) is 54.4 Å². The zero-order valence-corrected chi connectivity index (χ0v) is 22.5. The van der Waals surface area contributed by atoms with Crippen LogP contribution in [0.25, 0.3) is 0 Å². The van der Waals surface area contributed by atoms with E-state index >= 15 is 0 Å². The van der Waals surface area contributed by atoms with Gasteiger partial charge >= 0.3 is 0 Å². The van der Waals surface area contributed by atoms with Gasteiger partial charge in [0.25, 0.3) is 0 Å². The zero-order valence-electron chi connectivity index (χ0n) is 22.5. The first-order valence-electron chi connectivity index (χ1n) is 12.4. The molecule has 2 amide bonds. The molecule has 0 aromatic carbocycles. The molecule has 1 saturated carbocycles. The van der Waals surface area contributed by atoms with Gasteiger partial charge in [-0.25, -0.2) is 4.68 Å². The van der Waals surface area contributed by atoms with Crippen LogP contribution in [0, 0.1) is 5.41 Å². The third-order valence-electron chi connectivity index (χ3n) is 6.63. The number of aliphatic hydroxyl groups excluding tert-OH is 1. The average molecular weight is 510 g/mol. The second-order valence-electron chi connectivity index (χ2n) is 10.3. The molecule has 1 aromatic rings. The number of nitrogens with zero attached hydrogens (tertiary/aromatic N) is 4. The SMILES string of the molecule is C=O.C=O.CCC(NC(=O)C1CC(O)CN1C(=O)C(n1cc(C2CC2)nn1)C(C)(C)C)C(CC)OC. The summed E-state index contributed by atoms with van der Waals surface area (Å²) in [6.45, 7) is 14.1. The van der Waals surface area contributed by atoms with E-state index in [-0.39, 0.29) is 36.9 Å². The number of aliphatic hydroxyl groups is 1. The molecule has 2 aliphatic rings. The van der Waals surface area contributed by atoms with Crippen molar-refractivity contribution in [1.29, 1.82) is 0 Å². The largest absolute Gasteiger partial charge is 0.391 e. The van der Waals surface area contributed by atoms with Crippen molar-refractivity contribution in [3.05, 3.63) is 11.9 Å². The van der Waals surface area contributed by atoms with Crippen molar-refractivity contribution in [3.8, 4) is 0 Å². The van der Waals surface area contributed by atoms with Crippen molar-refractivity contribution < 1.29 is 29.0 Å². The number of aromatic nitrogens is 3. The molecule has 204 valence electrons. The minimum atomic E-state index is -0.738. The molecule has 2 heterocycles. The number of methoxy groups -OCH3 is 1. The van der Waals surface area contributed by atoms with Gasteiger partial charge in [-0.1, -0.05) is 39.8 Å². The first-order valence-corrected chi connectivity index (χ1v) is 12.4. The van der Waals surface area contributed by atoms with E-state index in [9.17, 15) is 14.7 Å². The fourth-order valence-electron chi connectivity index (χ4n) is 4.68. The second kappa shape index (κ2) is 14.2. The number of hydrogen-bond acceptors (Lipinski definition) is 8. The summed E-state index contributed by atoms with van der Waals surface area (Å²) in [5, 5.41) is 22.0. The molecule has 2 N–H and O–H groups in total. The maximum Gasteiger partial charge on any atom is 0.248 e. The highest BCUT2D eigenvalue weighted by Crippen LogP contribution is 2.40. The topological polar surface area (TPSA) is 144 Å². The van der Waals surface area contributed by atoms with Gasteiger partial charge in [-0.05, 0) is 31.1 Å². The molecule has 5 unspecified atom stereocenters. The highest BCUT2D eigenvalue weighted by atomic mass is 16.5. The monoisotopic (exact) mass is 509 g/mol. The number of likely N-dealkylation sites (tertiary alicyclic amines) is 1. The minimum Gasteiger partial charge on any atom is -0.391 e. The number of hydrogen-bond donors (Lipinski definition) is 2. The predicted octanol–water partition coefficient (Wildman–Crippen LogP) is 1.65. The van der Waals surface area contributed by atoms with Crippen LogP contribution in [0.3, 0.4) is 0 Å². The molecule has 0 spiro atoms. The van der Waals surface area contributed by atoms with E-state index in [1.54, 1.807) is 11.8 Å². The number of β-amino-alcohol motifs (C(OH)–C–C–N with tert-alkyl or cyclic N) is 1. The van der Waals surface area contributed by atoms with E-state index in [2.05, 4.69) is 15.6 Å². The summed E-state index contributed by atoms with van der Waals surface area (Å²) in [5.74, 6) is -0.0275. The molecule has 2 fully saturated rings. The Balaban J connectivity index is 0.00000154. The van der Waals surface area contributed by atoms with Gasteiger partial charge in [0.05, 0.1) is 23.9 Å². The fraction of sp³-hybridized carbons (Fsp3) is 0.760. The normalized spacial score (nSPS) is 21.8. The molecule has 1 aliphatic heterocycles. The van der Waals surface area contributed by atoms with Crippen LogP contribution in [-0.4, -0.2) is 88.3 Å².